The van der Waals surface area contributed by atoms with Crippen LogP contribution in [0.1, 0.15) is 28.9 Å². The van der Waals surface area contributed by atoms with Gasteiger partial charge in [0.05, 0.1) is 0 Å². The molecule has 142 valence electrons. The van der Waals surface area contributed by atoms with Crippen molar-refractivity contribution in [2.75, 3.05) is 19.0 Å². The molecule has 0 saturated heterocycles. The summed E-state index contributed by atoms with van der Waals surface area (Å²) in [6.45, 7) is 0.614. The average molecular weight is 372 g/mol. The number of carbonyl (C=O) groups is 1. The van der Waals surface area contributed by atoms with Gasteiger partial charge in [0, 0.05) is 62.1 Å². The second-order valence-corrected chi connectivity index (χ2v) is 7.40. The summed E-state index contributed by atoms with van der Waals surface area (Å²) in [5.41, 5.74) is 4.74. The Balaban J connectivity index is 1.51. The molecule has 1 saturated carbocycles. The Labute approximate surface area is 165 Å². The molecule has 0 unspecified atom stereocenters. The van der Waals surface area contributed by atoms with Crippen LogP contribution >= 0.6 is 0 Å². The molecular weight excluding hydrogens is 348 g/mol. The largest absolute Gasteiger partial charge is 0.378 e. The first-order chi connectivity index (χ1) is 13.6. The first-order valence-corrected chi connectivity index (χ1v) is 9.55. The number of rotatable bonds is 6. The summed E-state index contributed by atoms with van der Waals surface area (Å²) in [6.07, 6.45) is 7.42. The number of anilines is 1. The molecule has 28 heavy (non-hydrogen) atoms. The van der Waals surface area contributed by atoms with E-state index in [-0.39, 0.29) is 5.91 Å². The molecule has 2 aromatic heterocycles. The standard InChI is InChI=1S/C23H24N4O/c1-26(2)20-8-5-17(6-9-20)16-27(21-10-11-21)23(28)22-12-7-19(15-25-22)18-4-3-13-24-14-18/h3-9,12-15,21H,10-11,16H2,1-2H3. The first kappa shape index (κ1) is 18.2. The van der Waals surface area contributed by atoms with Gasteiger partial charge in [0.25, 0.3) is 5.91 Å². The summed E-state index contributed by atoms with van der Waals surface area (Å²) in [7, 11) is 4.05. The van der Waals surface area contributed by atoms with Crippen LogP contribution < -0.4 is 4.90 Å². The molecular formula is C23H24N4O. The van der Waals surface area contributed by atoms with Crippen LogP contribution in [0.2, 0.25) is 0 Å². The third kappa shape index (κ3) is 4.03. The first-order valence-electron chi connectivity index (χ1n) is 9.55. The van der Waals surface area contributed by atoms with Gasteiger partial charge in [0.2, 0.25) is 0 Å². The van der Waals surface area contributed by atoms with Gasteiger partial charge in [-0.1, -0.05) is 24.3 Å². The number of pyridine rings is 2. The highest BCUT2D eigenvalue weighted by molar-refractivity contribution is 5.93. The van der Waals surface area contributed by atoms with Gasteiger partial charge in [-0.25, -0.2) is 0 Å². The van der Waals surface area contributed by atoms with Crippen molar-refractivity contribution in [3.05, 3.63) is 78.4 Å². The SMILES string of the molecule is CN(C)c1ccc(CN(C(=O)c2ccc(-c3cccnc3)cn2)C2CC2)cc1. The predicted octanol–water partition coefficient (Wildman–Crippen LogP) is 4.01. The summed E-state index contributed by atoms with van der Waals surface area (Å²) in [5.74, 6) is -0.00285. The molecule has 1 aromatic carbocycles. The van der Waals surface area contributed by atoms with Gasteiger partial charge < -0.3 is 9.80 Å². The number of hydrogen-bond acceptors (Lipinski definition) is 4. The molecule has 1 fully saturated rings. The van der Waals surface area contributed by atoms with Crippen LogP contribution in [0.15, 0.2) is 67.1 Å². The quantitative estimate of drug-likeness (QED) is 0.656. The van der Waals surface area contributed by atoms with E-state index in [0.717, 1.165) is 35.2 Å². The lowest BCUT2D eigenvalue weighted by molar-refractivity contribution is 0.0724. The van der Waals surface area contributed by atoms with Gasteiger partial charge in [0.15, 0.2) is 0 Å². The summed E-state index contributed by atoms with van der Waals surface area (Å²) in [6, 6.07) is 16.3. The van der Waals surface area contributed by atoms with E-state index in [4.69, 9.17) is 0 Å². The number of carbonyl (C=O) groups excluding carboxylic acids is 1. The molecule has 4 rings (SSSR count). The summed E-state index contributed by atoms with van der Waals surface area (Å²) >= 11 is 0. The van der Waals surface area contributed by atoms with E-state index in [0.29, 0.717) is 18.3 Å². The van der Waals surface area contributed by atoms with E-state index in [9.17, 15) is 4.79 Å². The minimum absolute atomic E-state index is 0.00285. The van der Waals surface area contributed by atoms with Crippen LogP contribution in [0.4, 0.5) is 5.69 Å². The number of nitrogens with zero attached hydrogens (tertiary/aromatic N) is 4. The molecule has 1 amide bonds. The molecule has 0 aliphatic heterocycles. The number of benzene rings is 1. The van der Waals surface area contributed by atoms with Crippen LogP contribution in [0.5, 0.6) is 0 Å². The lowest BCUT2D eigenvalue weighted by Crippen LogP contribution is -2.33. The molecule has 0 spiro atoms. The zero-order valence-corrected chi connectivity index (χ0v) is 16.2. The lowest BCUT2D eigenvalue weighted by atomic mass is 10.1. The normalized spacial score (nSPS) is 13.2. The molecule has 3 aromatic rings. The molecule has 0 radical (unpaired) electrons. The molecule has 0 bridgehead atoms. The Bertz CT molecular complexity index is 933. The lowest BCUT2D eigenvalue weighted by Gasteiger charge is -2.23. The van der Waals surface area contributed by atoms with Crippen molar-refractivity contribution in [3.63, 3.8) is 0 Å². The predicted molar refractivity (Wildman–Crippen MR) is 111 cm³/mol. The monoisotopic (exact) mass is 372 g/mol. The zero-order valence-electron chi connectivity index (χ0n) is 16.2. The maximum atomic E-state index is 13.1. The van der Waals surface area contributed by atoms with E-state index in [1.165, 1.54) is 0 Å². The molecule has 2 heterocycles. The van der Waals surface area contributed by atoms with Crippen molar-refractivity contribution in [1.82, 2.24) is 14.9 Å². The Morgan fingerprint density at radius 1 is 1.00 bits per heavy atom. The molecule has 0 atom stereocenters. The fraction of sp³-hybridized carbons (Fsp3) is 0.261. The van der Waals surface area contributed by atoms with Gasteiger partial charge in [-0.2, -0.15) is 0 Å². The molecule has 1 aliphatic carbocycles. The van der Waals surface area contributed by atoms with Crippen LogP contribution in [0.25, 0.3) is 11.1 Å². The van der Waals surface area contributed by atoms with Crippen molar-refractivity contribution in [3.8, 4) is 11.1 Å². The highest BCUT2D eigenvalue weighted by Gasteiger charge is 2.33. The van der Waals surface area contributed by atoms with E-state index < -0.39 is 0 Å². The molecule has 0 N–H and O–H groups in total. The summed E-state index contributed by atoms with van der Waals surface area (Å²) < 4.78 is 0. The van der Waals surface area contributed by atoms with E-state index in [1.54, 1.807) is 18.6 Å². The highest BCUT2D eigenvalue weighted by Crippen LogP contribution is 2.30. The van der Waals surface area contributed by atoms with Crippen LogP contribution in [-0.4, -0.2) is 40.9 Å². The highest BCUT2D eigenvalue weighted by atomic mass is 16.2. The van der Waals surface area contributed by atoms with E-state index >= 15 is 0 Å². The van der Waals surface area contributed by atoms with Crippen LogP contribution in [0.3, 0.4) is 0 Å². The van der Waals surface area contributed by atoms with Gasteiger partial charge in [-0.3, -0.25) is 14.8 Å². The molecule has 1 aliphatic rings. The van der Waals surface area contributed by atoms with Crippen molar-refractivity contribution in [2.24, 2.45) is 0 Å². The minimum atomic E-state index is -0.00285. The van der Waals surface area contributed by atoms with Crippen molar-refractivity contribution in [1.29, 1.82) is 0 Å². The van der Waals surface area contributed by atoms with Crippen molar-refractivity contribution < 1.29 is 4.79 Å². The van der Waals surface area contributed by atoms with E-state index in [2.05, 4.69) is 39.1 Å². The maximum Gasteiger partial charge on any atom is 0.272 e. The fourth-order valence-corrected chi connectivity index (χ4v) is 3.22. The fourth-order valence-electron chi connectivity index (χ4n) is 3.22. The smallest absolute Gasteiger partial charge is 0.272 e. The third-order valence-corrected chi connectivity index (χ3v) is 5.03. The van der Waals surface area contributed by atoms with E-state index in [1.807, 2.05) is 43.3 Å². The maximum absolute atomic E-state index is 13.1. The van der Waals surface area contributed by atoms with Crippen molar-refractivity contribution >= 4 is 11.6 Å². The Morgan fingerprint density at radius 3 is 2.32 bits per heavy atom. The average Bonchev–Trinajstić information content (AvgIpc) is 3.58. The number of aromatic nitrogens is 2. The molecule has 5 nitrogen and oxygen atoms in total. The third-order valence-electron chi connectivity index (χ3n) is 5.03. The minimum Gasteiger partial charge on any atom is -0.378 e. The second-order valence-electron chi connectivity index (χ2n) is 7.40. The van der Waals surface area contributed by atoms with Crippen molar-refractivity contribution in [2.45, 2.75) is 25.4 Å². The summed E-state index contributed by atoms with van der Waals surface area (Å²) in [4.78, 5) is 25.7. The van der Waals surface area contributed by atoms with Gasteiger partial charge >= 0.3 is 0 Å². The second kappa shape index (κ2) is 7.80. The Kier molecular flexibility index (Phi) is 5.06. The van der Waals surface area contributed by atoms with Crippen LogP contribution in [0, 0.1) is 0 Å². The Morgan fingerprint density at radius 2 is 1.75 bits per heavy atom. The Hall–Kier alpha value is -3.21. The topological polar surface area (TPSA) is 49.3 Å². The van der Waals surface area contributed by atoms with Gasteiger partial charge in [0.1, 0.15) is 5.69 Å². The zero-order chi connectivity index (χ0) is 19.5. The van der Waals surface area contributed by atoms with Gasteiger partial charge in [-0.15, -0.1) is 0 Å². The molecule has 5 heteroatoms. The number of amides is 1. The van der Waals surface area contributed by atoms with Gasteiger partial charge in [-0.05, 0) is 42.7 Å². The number of hydrogen-bond donors (Lipinski definition) is 0. The summed E-state index contributed by atoms with van der Waals surface area (Å²) in [5, 5.41) is 0. The van der Waals surface area contributed by atoms with Crippen LogP contribution in [-0.2, 0) is 6.54 Å².